The molecular formula is C17H24O7. The van der Waals surface area contributed by atoms with Crippen molar-refractivity contribution < 1.29 is 33.9 Å². The molecule has 5 atom stereocenters. The quantitative estimate of drug-likeness (QED) is 0.792. The van der Waals surface area contributed by atoms with Gasteiger partial charge in [0.25, 0.3) is 0 Å². The van der Waals surface area contributed by atoms with Crippen molar-refractivity contribution in [1.29, 1.82) is 0 Å². The van der Waals surface area contributed by atoms with E-state index in [2.05, 4.69) is 0 Å². The third-order valence-electron chi connectivity index (χ3n) is 4.19. The second kappa shape index (κ2) is 6.95. The summed E-state index contributed by atoms with van der Waals surface area (Å²) in [4.78, 5) is 0. The third kappa shape index (κ3) is 3.56. The Balaban J connectivity index is 1.66. The predicted molar refractivity (Wildman–Crippen MR) is 83.4 cm³/mol. The number of fused-ring (bicyclic) bond motifs is 1. The maximum atomic E-state index is 9.96. The number of aliphatic hydroxyl groups is 2. The number of aliphatic hydroxyl groups excluding tert-OH is 2. The SMILES string of the molecule is COc1ccc(COC2O[C@H]([C@H](O)CO)[C@@H]3OC(C)(C)O[C@H]23)cc1. The van der Waals surface area contributed by atoms with Crippen LogP contribution in [-0.2, 0) is 25.6 Å². The lowest BCUT2D eigenvalue weighted by Crippen LogP contribution is -2.40. The Hall–Kier alpha value is -1.22. The number of ether oxygens (including phenoxy) is 5. The molecule has 7 nitrogen and oxygen atoms in total. The van der Waals surface area contributed by atoms with Crippen molar-refractivity contribution >= 4 is 0 Å². The van der Waals surface area contributed by atoms with Crippen molar-refractivity contribution in [3.8, 4) is 5.75 Å². The van der Waals surface area contributed by atoms with Gasteiger partial charge in [0.2, 0.25) is 0 Å². The van der Waals surface area contributed by atoms with Crippen LogP contribution < -0.4 is 4.74 Å². The van der Waals surface area contributed by atoms with E-state index in [0.717, 1.165) is 11.3 Å². The van der Waals surface area contributed by atoms with Gasteiger partial charge in [0.1, 0.15) is 30.2 Å². The Morgan fingerprint density at radius 1 is 1.17 bits per heavy atom. The smallest absolute Gasteiger partial charge is 0.187 e. The molecule has 0 bridgehead atoms. The fraction of sp³-hybridized carbons (Fsp3) is 0.647. The van der Waals surface area contributed by atoms with Gasteiger partial charge < -0.3 is 33.9 Å². The van der Waals surface area contributed by atoms with Crippen LogP contribution in [-0.4, -0.2) is 60.4 Å². The summed E-state index contributed by atoms with van der Waals surface area (Å²) < 4.78 is 28.4. The fourth-order valence-electron chi connectivity index (χ4n) is 3.04. The number of benzene rings is 1. The molecule has 0 aromatic heterocycles. The minimum absolute atomic E-state index is 0.323. The molecule has 7 heteroatoms. The molecule has 24 heavy (non-hydrogen) atoms. The Labute approximate surface area is 141 Å². The Morgan fingerprint density at radius 2 is 1.83 bits per heavy atom. The number of hydrogen-bond acceptors (Lipinski definition) is 7. The zero-order chi connectivity index (χ0) is 17.3. The lowest BCUT2D eigenvalue weighted by molar-refractivity contribution is -0.247. The van der Waals surface area contributed by atoms with Crippen LogP contribution in [0.4, 0.5) is 0 Å². The normalized spacial score (nSPS) is 32.5. The Bertz CT molecular complexity index is 544. The standard InChI is InChI=1S/C17H24O7/c1-17(2)23-14-13(12(19)8-18)22-16(15(14)24-17)21-9-10-4-6-11(20-3)7-5-10/h4-7,12-16,18-19H,8-9H2,1-3H3/t12-,13-,14+,15+,16?/m1/s1. The molecule has 2 N–H and O–H groups in total. The van der Waals surface area contributed by atoms with Gasteiger partial charge in [-0.05, 0) is 31.5 Å². The lowest BCUT2D eigenvalue weighted by Gasteiger charge is -2.25. The monoisotopic (exact) mass is 340 g/mol. The molecule has 1 aromatic rings. The molecule has 2 saturated heterocycles. The van der Waals surface area contributed by atoms with Crippen molar-refractivity contribution in [1.82, 2.24) is 0 Å². The predicted octanol–water partition coefficient (Wildman–Crippen LogP) is 0.810. The number of hydrogen-bond donors (Lipinski definition) is 2. The van der Waals surface area contributed by atoms with Gasteiger partial charge in [0.05, 0.1) is 20.3 Å². The van der Waals surface area contributed by atoms with Crippen LogP contribution in [0.2, 0.25) is 0 Å². The van der Waals surface area contributed by atoms with Crippen LogP contribution in [0.25, 0.3) is 0 Å². The molecule has 2 heterocycles. The summed E-state index contributed by atoms with van der Waals surface area (Å²) in [7, 11) is 1.61. The molecule has 0 radical (unpaired) electrons. The molecule has 2 aliphatic rings. The second-order valence-electron chi connectivity index (χ2n) is 6.44. The highest BCUT2D eigenvalue weighted by atomic mass is 16.8. The van der Waals surface area contributed by atoms with Crippen LogP contribution in [0, 0.1) is 0 Å². The fourth-order valence-corrected chi connectivity index (χ4v) is 3.04. The minimum atomic E-state index is -1.05. The first-order valence-electron chi connectivity index (χ1n) is 7.98. The van der Waals surface area contributed by atoms with E-state index in [1.165, 1.54) is 0 Å². The summed E-state index contributed by atoms with van der Waals surface area (Å²) in [5.41, 5.74) is 0.959. The highest BCUT2D eigenvalue weighted by Gasteiger charge is 2.57. The molecule has 1 aromatic carbocycles. The van der Waals surface area contributed by atoms with Gasteiger partial charge in [-0.25, -0.2) is 0 Å². The number of rotatable bonds is 6. The van der Waals surface area contributed by atoms with Gasteiger partial charge in [-0.15, -0.1) is 0 Å². The molecule has 3 rings (SSSR count). The average molecular weight is 340 g/mol. The van der Waals surface area contributed by atoms with Crippen molar-refractivity contribution in [2.45, 2.75) is 56.9 Å². The summed E-state index contributed by atoms with van der Waals surface area (Å²) in [6, 6.07) is 7.52. The maximum absolute atomic E-state index is 9.96. The highest BCUT2D eigenvalue weighted by Crippen LogP contribution is 2.40. The van der Waals surface area contributed by atoms with Crippen molar-refractivity contribution in [3.63, 3.8) is 0 Å². The van der Waals surface area contributed by atoms with Crippen molar-refractivity contribution in [2.24, 2.45) is 0 Å². The van der Waals surface area contributed by atoms with E-state index >= 15 is 0 Å². The van der Waals surface area contributed by atoms with Crippen LogP contribution in [0.5, 0.6) is 5.75 Å². The zero-order valence-corrected chi connectivity index (χ0v) is 14.0. The second-order valence-corrected chi connectivity index (χ2v) is 6.44. The van der Waals surface area contributed by atoms with E-state index in [9.17, 15) is 10.2 Å². The van der Waals surface area contributed by atoms with E-state index in [4.69, 9.17) is 23.7 Å². The van der Waals surface area contributed by atoms with Crippen molar-refractivity contribution in [2.75, 3.05) is 13.7 Å². The number of methoxy groups -OCH3 is 1. The summed E-state index contributed by atoms with van der Waals surface area (Å²) in [6.07, 6.45) is -3.36. The van der Waals surface area contributed by atoms with Crippen molar-refractivity contribution in [3.05, 3.63) is 29.8 Å². The molecule has 2 fully saturated rings. The highest BCUT2D eigenvalue weighted by molar-refractivity contribution is 5.26. The topological polar surface area (TPSA) is 86.6 Å². The average Bonchev–Trinajstić information content (AvgIpc) is 3.06. The van der Waals surface area contributed by atoms with Crippen LogP contribution in [0.15, 0.2) is 24.3 Å². The van der Waals surface area contributed by atoms with E-state index in [1.807, 2.05) is 24.3 Å². The Morgan fingerprint density at radius 3 is 2.46 bits per heavy atom. The van der Waals surface area contributed by atoms with Gasteiger partial charge in [0, 0.05) is 0 Å². The largest absolute Gasteiger partial charge is 0.497 e. The molecule has 2 aliphatic heterocycles. The van der Waals surface area contributed by atoms with Crippen LogP contribution >= 0.6 is 0 Å². The third-order valence-corrected chi connectivity index (χ3v) is 4.19. The molecule has 0 amide bonds. The maximum Gasteiger partial charge on any atom is 0.187 e. The van der Waals surface area contributed by atoms with Gasteiger partial charge in [-0.3, -0.25) is 0 Å². The minimum Gasteiger partial charge on any atom is -0.497 e. The first-order chi connectivity index (χ1) is 11.4. The Kier molecular flexibility index (Phi) is 5.10. The summed E-state index contributed by atoms with van der Waals surface area (Å²) >= 11 is 0. The van der Waals surface area contributed by atoms with Crippen LogP contribution in [0.3, 0.4) is 0 Å². The summed E-state index contributed by atoms with van der Waals surface area (Å²) in [5.74, 6) is -0.00908. The molecule has 0 saturated carbocycles. The first-order valence-corrected chi connectivity index (χ1v) is 7.98. The first kappa shape index (κ1) is 17.6. The molecule has 134 valence electrons. The van der Waals surface area contributed by atoms with Crippen LogP contribution in [0.1, 0.15) is 19.4 Å². The van der Waals surface area contributed by atoms with Gasteiger partial charge in [0.15, 0.2) is 12.1 Å². The van der Waals surface area contributed by atoms with E-state index < -0.39 is 43.1 Å². The zero-order valence-electron chi connectivity index (χ0n) is 14.0. The molecule has 0 aliphatic carbocycles. The van der Waals surface area contributed by atoms with E-state index in [-0.39, 0.29) is 0 Å². The van der Waals surface area contributed by atoms with Gasteiger partial charge in [-0.2, -0.15) is 0 Å². The van der Waals surface area contributed by atoms with Gasteiger partial charge in [-0.1, -0.05) is 12.1 Å². The van der Waals surface area contributed by atoms with E-state index in [0.29, 0.717) is 6.61 Å². The summed E-state index contributed by atoms with van der Waals surface area (Å²) in [5, 5.41) is 19.2. The lowest BCUT2D eigenvalue weighted by atomic mass is 10.1. The molecule has 0 spiro atoms. The van der Waals surface area contributed by atoms with E-state index in [1.54, 1.807) is 21.0 Å². The molecular weight excluding hydrogens is 316 g/mol. The molecule has 1 unspecified atom stereocenters. The van der Waals surface area contributed by atoms with Gasteiger partial charge >= 0.3 is 0 Å². The summed E-state index contributed by atoms with van der Waals surface area (Å²) in [6.45, 7) is 3.51.